The molecule has 1 aromatic rings. The van der Waals surface area contributed by atoms with Crippen LogP contribution in [0, 0.1) is 0 Å². The summed E-state index contributed by atoms with van der Waals surface area (Å²) in [5, 5.41) is 0.526. The summed E-state index contributed by atoms with van der Waals surface area (Å²) < 4.78 is 23.0. The van der Waals surface area contributed by atoms with Crippen LogP contribution in [0.1, 0.15) is 18.4 Å². The molecule has 3 nitrogen and oxygen atoms in total. The maximum absolute atomic E-state index is 11.5. The summed E-state index contributed by atoms with van der Waals surface area (Å²) in [5.74, 6) is -0.0200. The lowest BCUT2D eigenvalue weighted by molar-refractivity contribution is 0.599. The van der Waals surface area contributed by atoms with Crippen LogP contribution in [0.2, 0.25) is 5.02 Å². The van der Waals surface area contributed by atoms with Crippen molar-refractivity contribution in [2.45, 2.75) is 17.7 Å². The smallest absolute Gasteiger partial charge is 0.175 e. The minimum absolute atomic E-state index is 0.0200. The second kappa shape index (κ2) is 4.51. The first-order chi connectivity index (χ1) is 6.86. The van der Waals surface area contributed by atoms with Crippen molar-refractivity contribution in [2.24, 2.45) is 5.73 Å². The number of hydrogen-bond donors (Lipinski definition) is 1. The molecule has 0 spiro atoms. The number of rotatable bonds is 3. The fourth-order valence-electron chi connectivity index (χ4n) is 1.37. The zero-order valence-electron chi connectivity index (χ0n) is 8.70. The Morgan fingerprint density at radius 3 is 2.53 bits per heavy atom. The Morgan fingerprint density at radius 1 is 1.47 bits per heavy atom. The van der Waals surface area contributed by atoms with Crippen molar-refractivity contribution < 1.29 is 8.42 Å². The Hall–Kier alpha value is -0.580. The van der Waals surface area contributed by atoms with Crippen molar-refractivity contribution in [1.82, 2.24) is 0 Å². The fraction of sp³-hybridized carbons (Fsp3) is 0.400. The molecule has 84 valence electrons. The van der Waals surface area contributed by atoms with E-state index >= 15 is 0 Å². The molecule has 1 rings (SSSR count). The van der Waals surface area contributed by atoms with Crippen LogP contribution in [0.25, 0.3) is 0 Å². The third-order valence-electron chi connectivity index (χ3n) is 2.26. The van der Waals surface area contributed by atoms with Gasteiger partial charge in [0.2, 0.25) is 0 Å². The van der Waals surface area contributed by atoms with E-state index in [0.29, 0.717) is 22.0 Å². The predicted octanol–water partition coefficient (Wildman–Crippen LogP) is 1.81. The van der Waals surface area contributed by atoms with E-state index in [-0.39, 0.29) is 5.92 Å². The van der Waals surface area contributed by atoms with E-state index in [1.807, 2.05) is 6.92 Å². The molecule has 0 saturated carbocycles. The molecule has 0 heterocycles. The predicted molar refractivity (Wildman–Crippen MR) is 62.0 cm³/mol. The number of sulfone groups is 1. The van der Waals surface area contributed by atoms with Crippen molar-refractivity contribution in [2.75, 3.05) is 12.8 Å². The molecule has 15 heavy (non-hydrogen) atoms. The Morgan fingerprint density at radius 2 is 2.07 bits per heavy atom. The minimum atomic E-state index is -3.22. The highest BCUT2D eigenvalue weighted by atomic mass is 35.5. The molecular formula is C10H14ClNO2S. The second-order valence-corrected chi connectivity index (χ2v) is 6.01. The normalized spacial score (nSPS) is 13.9. The summed E-state index contributed by atoms with van der Waals surface area (Å²) in [6.07, 6.45) is 1.18. The van der Waals surface area contributed by atoms with Gasteiger partial charge in [0.15, 0.2) is 9.84 Å². The number of nitrogens with two attached hydrogens (primary N) is 1. The van der Waals surface area contributed by atoms with Crippen LogP contribution in [0.3, 0.4) is 0 Å². The van der Waals surface area contributed by atoms with Crippen molar-refractivity contribution in [3.05, 3.63) is 28.8 Å². The Bertz CT molecular complexity index is 456. The minimum Gasteiger partial charge on any atom is -0.330 e. The van der Waals surface area contributed by atoms with E-state index in [1.165, 1.54) is 12.3 Å². The summed E-state index contributed by atoms with van der Waals surface area (Å²) >= 11 is 5.83. The van der Waals surface area contributed by atoms with Crippen LogP contribution >= 0.6 is 11.6 Å². The van der Waals surface area contributed by atoms with Gasteiger partial charge in [-0.15, -0.1) is 0 Å². The molecule has 2 N–H and O–H groups in total. The lowest BCUT2D eigenvalue weighted by atomic mass is 10.0. The van der Waals surface area contributed by atoms with Gasteiger partial charge < -0.3 is 5.73 Å². The monoisotopic (exact) mass is 247 g/mol. The fourth-order valence-corrected chi connectivity index (χ4v) is 2.55. The third-order valence-corrected chi connectivity index (χ3v) is 3.66. The summed E-state index contributed by atoms with van der Waals surface area (Å²) in [4.78, 5) is 0.310. The molecule has 0 amide bonds. The van der Waals surface area contributed by atoms with E-state index in [2.05, 4.69) is 0 Å². The maximum atomic E-state index is 11.5. The summed E-state index contributed by atoms with van der Waals surface area (Å²) in [5.41, 5.74) is 6.22. The highest BCUT2D eigenvalue weighted by Gasteiger charge is 2.17. The second-order valence-electron chi connectivity index (χ2n) is 3.59. The molecular weight excluding hydrogens is 234 g/mol. The van der Waals surface area contributed by atoms with Crippen molar-refractivity contribution >= 4 is 21.4 Å². The molecule has 0 fully saturated rings. The first kappa shape index (κ1) is 12.5. The van der Waals surface area contributed by atoms with Gasteiger partial charge in [-0.05, 0) is 36.2 Å². The SMILES string of the molecule is CC(CN)c1cc(Cl)ccc1S(C)(=O)=O. The van der Waals surface area contributed by atoms with E-state index in [1.54, 1.807) is 12.1 Å². The average Bonchev–Trinajstić information content (AvgIpc) is 2.14. The summed E-state index contributed by atoms with van der Waals surface area (Å²) in [6, 6.07) is 4.76. The van der Waals surface area contributed by atoms with E-state index in [9.17, 15) is 8.42 Å². The average molecular weight is 248 g/mol. The zero-order valence-corrected chi connectivity index (χ0v) is 10.3. The van der Waals surface area contributed by atoms with Gasteiger partial charge in [0, 0.05) is 11.3 Å². The van der Waals surface area contributed by atoms with Crippen molar-refractivity contribution in [1.29, 1.82) is 0 Å². The van der Waals surface area contributed by atoms with Crippen molar-refractivity contribution in [3.8, 4) is 0 Å². The van der Waals surface area contributed by atoms with Gasteiger partial charge in [-0.25, -0.2) is 8.42 Å². The van der Waals surface area contributed by atoms with Gasteiger partial charge in [-0.2, -0.15) is 0 Å². The molecule has 1 atom stereocenters. The van der Waals surface area contributed by atoms with Crippen LogP contribution in [0.4, 0.5) is 0 Å². The van der Waals surface area contributed by atoms with Crippen LogP contribution in [0.15, 0.2) is 23.1 Å². The molecule has 1 aromatic carbocycles. The molecule has 0 bridgehead atoms. The Kier molecular flexibility index (Phi) is 3.76. The molecule has 0 saturated heterocycles. The molecule has 0 aliphatic heterocycles. The van der Waals surface area contributed by atoms with Crippen molar-refractivity contribution in [3.63, 3.8) is 0 Å². The lowest BCUT2D eigenvalue weighted by Crippen LogP contribution is -2.13. The van der Waals surface area contributed by atoms with Gasteiger partial charge >= 0.3 is 0 Å². The number of benzene rings is 1. The topological polar surface area (TPSA) is 60.2 Å². The van der Waals surface area contributed by atoms with Crippen LogP contribution in [-0.4, -0.2) is 21.2 Å². The van der Waals surface area contributed by atoms with E-state index < -0.39 is 9.84 Å². The van der Waals surface area contributed by atoms with Gasteiger partial charge in [-0.1, -0.05) is 18.5 Å². The van der Waals surface area contributed by atoms with Gasteiger partial charge in [-0.3, -0.25) is 0 Å². The van der Waals surface area contributed by atoms with E-state index in [0.717, 1.165) is 0 Å². The van der Waals surface area contributed by atoms with Crippen LogP contribution in [0.5, 0.6) is 0 Å². The quantitative estimate of drug-likeness (QED) is 0.886. The molecule has 5 heteroatoms. The highest BCUT2D eigenvalue weighted by Crippen LogP contribution is 2.26. The standard InChI is InChI=1S/C10H14ClNO2S/c1-7(6-12)9-5-8(11)3-4-10(9)15(2,13)14/h3-5,7H,6,12H2,1-2H3. The Labute approximate surface area is 95.2 Å². The molecule has 0 aliphatic carbocycles. The first-order valence-electron chi connectivity index (χ1n) is 4.56. The molecule has 0 radical (unpaired) electrons. The maximum Gasteiger partial charge on any atom is 0.175 e. The van der Waals surface area contributed by atoms with Gasteiger partial charge in [0.05, 0.1) is 4.90 Å². The third kappa shape index (κ3) is 2.93. The summed E-state index contributed by atoms with van der Waals surface area (Å²) in [6.45, 7) is 2.27. The molecule has 0 aliphatic rings. The largest absolute Gasteiger partial charge is 0.330 e. The van der Waals surface area contributed by atoms with E-state index in [4.69, 9.17) is 17.3 Å². The number of hydrogen-bond acceptors (Lipinski definition) is 3. The van der Waals surface area contributed by atoms with Gasteiger partial charge in [0.25, 0.3) is 0 Å². The summed E-state index contributed by atoms with van der Waals surface area (Å²) in [7, 11) is -3.22. The first-order valence-corrected chi connectivity index (χ1v) is 6.82. The lowest BCUT2D eigenvalue weighted by Gasteiger charge is -2.13. The van der Waals surface area contributed by atoms with Crippen LogP contribution in [-0.2, 0) is 9.84 Å². The highest BCUT2D eigenvalue weighted by molar-refractivity contribution is 7.90. The van der Waals surface area contributed by atoms with Crippen LogP contribution < -0.4 is 5.73 Å². The number of halogens is 1. The Balaban J connectivity index is 3.40. The van der Waals surface area contributed by atoms with Gasteiger partial charge in [0.1, 0.15) is 0 Å². The molecule has 0 aromatic heterocycles. The zero-order chi connectivity index (χ0) is 11.6. The molecule has 1 unspecified atom stereocenters.